The second kappa shape index (κ2) is 9.90. The first-order valence-electron chi connectivity index (χ1n) is 9.70. The highest BCUT2D eigenvalue weighted by Gasteiger charge is 2.13. The van der Waals surface area contributed by atoms with E-state index in [-0.39, 0.29) is 12.5 Å². The molecule has 2 aromatic rings. The standard InChI is InChI=1S/C22H27N3O3/c23-21(26)16-28-20-10-8-17(9-11-20)22(27)24-14-18-6-2-3-7-19(18)15-25-12-4-1-5-13-25/h2-3,6-11H,1,4-5,12-16H2,(H2,23,26)(H,24,27). The summed E-state index contributed by atoms with van der Waals surface area (Å²) in [5.74, 6) is -0.179. The van der Waals surface area contributed by atoms with Crippen molar-refractivity contribution >= 4 is 11.8 Å². The van der Waals surface area contributed by atoms with Gasteiger partial charge in [-0.15, -0.1) is 0 Å². The summed E-state index contributed by atoms with van der Waals surface area (Å²) in [4.78, 5) is 25.7. The molecule has 1 heterocycles. The molecule has 6 nitrogen and oxygen atoms in total. The summed E-state index contributed by atoms with van der Waals surface area (Å²) in [5, 5.41) is 2.99. The summed E-state index contributed by atoms with van der Waals surface area (Å²) in [5.41, 5.74) is 8.00. The summed E-state index contributed by atoms with van der Waals surface area (Å²) in [6.45, 7) is 3.52. The fraction of sp³-hybridized carbons (Fsp3) is 0.364. The van der Waals surface area contributed by atoms with Gasteiger partial charge in [0.15, 0.2) is 6.61 Å². The van der Waals surface area contributed by atoms with Gasteiger partial charge in [-0.2, -0.15) is 0 Å². The highest BCUT2D eigenvalue weighted by molar-refractivity contribution is 5.94. The van der Waals surface area contributed by atoms with E-state index in [0.29, 0.717) is 17.9 Å². The number of rotatable bonds is 8. The van der Waals surface area contributed by atoms with Crippen molar-refractivity contribution in [2.45, 2.75) is 32.4 Å². The molecule has 3 rings (SSSR count). The Morgan fingerprint density at radius 1 is 0.964 bits per heavy atom. The Bertz CT molecular complexity index is 799. The van der Waals surface area contributed by atoms with Crippen LogP contribution in [0.2, 0.25) is 0 Å². The van der Waals surface area contributed by atoms with Gasteiger partial charge in [-0.1, -0.05) is 30.7 Å². The topological polar surface area (TPSA) is 84.7 Å². The molecule has 0 aliphatic carbocycles. The summed E-state index contributed by atoms with van der Waals surface area (Å²) in [6, 6.07) is 14.9. The number of benzene rings is 2. The Hall–Kier alpha value is -2.86. The average molecular weight is 381 g/mol. The normalized spacial score (nSPS) is 14.4. The molecule has 28 heavy (non-hydrogen) atoms. The Kier molecular flexibility index (Phi) is 7.03. The van der Waals surface area contributed by atoms with Crippen LogP contribution in [0.25, 0.3) is 0 Å². The molecular weight excluding hydrogens is 354 g/mol. The smallest absolute Gasteiger partial charge is 0.255 e. The van der Waals surface area contributed by atoms with Crippen LogP contribution in [-0.4, -0.2) is 36.4 Å². The molecule has 6 heteroatoms. The molecule has 0 atom stereocenters. The first-order valence-corrected chi connectivity index (χ1v) is 9.70. The van der Waals surface area contributed by atoms with Gasteiger partial charge in [0.25, 0.3) is 11.8 Å². The van der Waals surface area contributed by atoms with Crippen molar-refractivity contribution in [1.29, 1.82) is 0 Å². The minimum Gasteiger partial charge on any atom is -0.484 e. The minimum atomic E-state index is -0.537. The maximum atomic E-state index is 12.5. The number of likely N-dealkylation sites (tertiary alicyclic amines) is 1. The highest BCUT2D eigenvalue weighted by Crippen LogP contribution is 2.17. The number of primary amides is 1. The molecular formula is C22H27N3O3. The van der Waals surface area contributed by atoms with Crippen LogP contribution in [0.1, 0.15) is 40.7 Å². The predicted octanol–water partition coefficient (Wildman–Crippen LogP) is 2.47. The number of ether oxygens (including phenoxy) is 1. The van der Waals surface area contributed by atoms with Crippen LogP contribution >= 0.6 is 0 Å². The van der Waals surface area contributed by atoms with E-state index in [2.05, 4.69) is 28.4 Å². The largest absolute Gasteiger partial charge is 0.484 e. The molecule has 0 bridgehead atoms. The van der Waals surface area contributed by atoms with E-state index in [1.54, 1.807) is 24.3 Å². The Labute approximate surface area is 165 Å². The molecule has 148 valence electrons. The number of amides is 2. The van der Waals surface area contributed by atoms with Crippen LogP contribution in [0.3, 0.4) is 0 Å². The number of hydrogen-bond acceptors (Lipinski definition) is 4. The predicted molar refractivity (Wildman–Crippen MR) is 108 cm³/mol. The zero-order valence-corrected chi connectivity index (χ0v) is 16.0. The van der Waals surface area contributed by atoms with Gasteiger partial charge in [0.2, 0.25) is 0 Å². The number of hydrogen-bond donors (Lipinski definition) is 2. The monoisotopic (exact) mass is 381 g/mol. The molecule has 0 aromatic heterocycles. The minimum absolute atomic E-state index is 0.144. The molecule has 1 aliphatic heterocycles. The number of piperidine rings is 1. The van der Waals surface area contributed by atoms with Crippen LogP contribution in [0, 0.1) is 0 Å². The average Bonchev–Trinajstić information content (AvgIpc) is 2.72. The van der Waals surface area contributed by atoms with E-state index in [0.717, 1.165) is 25.2 Å². The second-order valence-corrected chi connectivity index (χ2v) is 7.07. The number of carbonyl (C=O) groups is 2. The number of nitrogens with one attached hydrogen (secondary N) is 1. The first kappa shape index (κ1) is 19.9. The van der Waals surface area contributed by atoms with E-state index in [1.165, 1.54) is 24.8 Å². The van der Waals surface area contributed by atoms with Crippen molar-refractivity contribution in [3.8, 4) is 5.75 Å². The zero-order valence-electron chi connectivity index (χ0n) is 16.0. The van der Waals surface area contributed by atoms with Gasteiger partial charge in [-0.3, -0.25) is 14.5 Å². The zero-order chi connectivity index (χ0) is 19.8. The van der Waals surface area contributed by atoms with Gasteiger partial charge in [-0.25, -0.2) is 0 Å². The number of nitrogens with zero attached hydrogens (tertiary/aromatic N) is 1. The van der Waals surface area contributed by atoms with Gasteiger partial charge in [0.05, 0.1) is 0 Å². The number of carbonyl (C=O) groups excluding carboxylic acids is 2. The molecule has 2 amide bonds. The van der Waals surface area contributed by atoms with Crippen LogP contribution in [0.15, 0.2) is 48.5 Å². The quantitative estimate of drug-likeness (QED) is 0.736. The SMILES string of the molecule is NC(=O)COc1ccc(C(=O)NCc2ccccc2CN2CCCCC2)cc1. The van der Waals surface area contributed by atoms with Crippen LogP contribution in [-0.2, 0) is 17.9 Å². The first-order chi connectivity index (χ1) is 13.6. The number of nitrogens with two attached hydrogens (primary N) is 1. The highest BCUT2D eigenvalue weighted by atomic mass is 16.5. The lowest BCUT2D eigenvalue weighted by molar-refractivity contribution is -0.119. The molecule has 1 saturated heterocycles. The fourth-order valence-corrected chi connectivity index (χ4v) is 3.38. The maximum Gasteiger partial charge on any atom is 0.255 e. The van der Waals surface area contributed by atoms with Crippen molar-refractivity contribution in [3.63, 3.8) is 0 Å². The molecule has 0 saturated carbocycles. The van der Waals surface area contributed by atoms with Crippen molar-refractivity contribution in [2.24, 2.45) is 5.73 Å². The lowest BCUT2D eigenvalue weighted by Gasteiger charge is -2.27. The van der Waals surface area contributed by atoms with Crippen LogP contribution < -0.4 is 15.8 Å². The van der Waals surface area contributed by atoms with Crippen LogP contribution in [0.5, 0.6) is 5.75 Å². The molecule has 0 radical (unpaired) electrons. The van der Waals surface area contributed by atoms with Gasteiger partial charge in [-0.05, 0) is 61.3 Å². The van der Waals surface area contributed by atoms with E-state index >= 15 is 0 Å². The third kappa shape index (κ3) is 5.82. The lowest BCUT2D eigenvalue weighted by Crippen LogP contribution is -2.30. The Morgan fingerprint density at radius 2 is 1.64 bits per heavy atom. The summed E-state index contributed by atoms with van der Waals surface area (Å²) in [7, 11) is 0. The van der Waals surface area contributed by atoms with Crippen molar-refractivity contribution in [1.82, 2.24) is 10.2 Å². The van der Waals surface area contributed by atoms with Crippen molar-refractivity contribution < 1.29 is 14.3 Å². The van der Waals surface area contributed by atoms with Gasteiger partial charge in [0.1, 0.15) is 5.75 Å². The summed E-state index contributed by atoms with van der Waals surface area (Å²) >= 11 is 0. The molecule has 1 aliphatic rings. The van der Waals surface area contributed by atoms with Gasteiger partial charge in [0, 0.05) is 18.7 Å². The van der Waals surface area contributed by atoms with E-state index in [4.69, 9.17) is 10.5 Å². The molecule has 1 fully saturated rings. The Balaban J connectivity index is 1.56. The third-order valence-electron chi connectivity index (χ3n) is 4.90. The fourth-order valence-electron chi connectivity index (χ4n) is 3.38. The summed E-state index contributed by atoms with van der Waals surface area (Å²) < 4.78 is 5.21. The van der Waals surface area contributed by atoms with Crippen molar-refractivity contribution in [2.75, 3.05) is 19.7 Å². The molecule has 3 N–H and O–H groups in total. The van der Waals surface area contributed by atoms with Gasteiger partial charge < -0.3 is 15.8 Å². The van der Waals surface area contributed by atoms with Crippen molar-refractivity contribution in [3.05, 3.63) is 65.2 Å². The molecule has 0 unspecified atom stereocenters. The van der Waals surface area contributed by atoms with E-state index < -0.39 is 5.91 Å². The lowest BCUT2D eigenvalue weighted by atomic mass is 10.0. The Morgan fingerprint density at radius 3 is 2.32 bits per heavy atom. The summed E-state index contributed by atoms with van der Waals surface area (Å²) in [6.07, 6.45) is 3.84. The molecule has 2 aromatic carbocycles. The van der Waals surface area contributed by atoms with Gasteiger partial charge >= 0.3 is 0 Å². The molecule has 0 spiro atoms. The van der Waals surface area contributed by atoms with E-state index in [1.807, 2.05) is 6.07 Å². The maximum absolute atomic E-state index is 12.5. The van der Waals surface area contributed by atoms with Crippen LogP contribution in [0.4, 0.5) is 0 Å². The third-order valence-corrected chi connectivity index (χ3v) is 4.90. The van der Waals surface area contributed by atoms with E-state index in [9.17, 15) is 9.59 Å². The second-order valence-electron chi connectivity index (χ2n) is 7.07.